The Bertz CT molecular complexity index is 6220. The Balaban J connectivity index is 0.000000723. The first kappa shape index (κ1) is 111. The van der Waals surface area contributed by atoms with Gasteiger partial charge in [-0.25, -0.2) is 8.42 Å². The molecule has 0 spiro atoms. The second kappa shape index (κ2) is 50.5. The molecule has 10 aromatic carbocycles. The van der Waals surface area contributed by atoms with Gasteiger partial charge in [-0.05, 0) is 94.8 Å². The van der Waals surface area contributed by atoms with Crippen molar-refractivity contribution in [1.29, 1.82) is 5.26 Å². The molecule has 46 nitrogen and oxygen atoms in total. The largest absolute Gasteiger partial charge is 0.504 e. The number of hydrogen-bond donors (Lipinski definition) is 16. The van der Waals surface area contributed by atoms with Gasteiger partial charge in [-0.1, -0.05) is 47.5 Å². The number of sulfone groups is 1. The molecule has 0 atom stereocenters. The Hall–Kier alpha value is -17.3. The summed E-state index contributed by atoms with van der Waals surface area (Å²) < 4.78 is 88.5. The third-order valence-corrected chi connectivity index (χ3v) is 18.1. The van der Waals surface area contributed by atoms with Gasteiger partial charge in [-0.15, -0.1) is 0 Å². The molecular weight excluding hydrogens is 1910 g/mol. The molecule has 10 rings (SSSR count). The van der Waals surface area contributed by atoms with Crippen LogP contribution < -0.4 is 0 Å². The number of alkyl halides is 3. The number of nitro benzene ring substituents is 4. The summed E-state index contributed by atoms with van der Waals surface area (Å²) in [6.45, 7) is 0. The second-order valence-electron chi connectivity index (χ2n) is 23.4. The molecule has 10 aromatic rings. The van der Waals surface area contributed by atoms with E-state index in [2.05, 4.69) is 15.9 Å². The van der Waals surface area contributed by atoms with Gasteiger partial charge >= 0.3 is 23.2 Å². The van der Waals surface area contributed by atoms with Crippen molar-refractivity contribution in [3.63, 3.8) is 0 Å². The van der Waals surface area contributed by atoms with Gasteiger partial charge in [0.1, 0.15) is 78.0 Å². The molecular formula is C76H53BrCl2F3N5O41S2. The van der Waals surface area contributed by atoms with Crippen LogP contribution in [0, 0.1) is 51.8 Å². The van der Waals surface area contributed by atoms with E-state index < -0.39 is 164 Å². The monoisotopic (exact) mass is 1960 g/mol. The molecule has 130 heavy (non-hydrogen) atoms. The van der Waals surface area contributed by atoms with Crippen LogP contribution >= 0.6 is 39.1 Å². The number of phenolic OH excluding ortho intramolecular Hbond substituents is 15. The molecule has 682 valence electrons. The maximum Gasteiger partial charge on any atom is 0.420 e. The Morgan fingerprint density at radius 1 is 0.362 bits per heavy atom. The van der Waals surface area contributed by atoms with Gasteiger partial charge in [0.2, 0.25) is 17.2 Å². The van der Waals surface area contributed by atoms with E-state index in [4.69, 9.17) is 94.3 Å². The number of carbonyl (C=O) groups is 13. The van der Waals surface area contributed by atoms with Crippen molar-refractivity contribution in [2.45, 2.75) is 16.0 Å². The molecule has 0 aliphatic carbocycles. The number of aldehydes is 13. The minimum atomic E-state index is -4.80. The first-order valence-electron chi connectivity index (χ1n) is 32.7. The van der Waals surface area contributed by atoms with Crippen LogP contribution in [0.15, 0.2) is 142 Å². The fourth-order valence-electron chi connectivity index (χ4n) is 8.52. The summed E-state index contributed by atoms with van der Waals surface area (Å²) in [6, 6.07) is 24.7. The molecule has 54 heteroatoms. The van der Waals surface area contributed by atoms with Crippen molar-refractivity contribution < 1.29 is 193 Å². The zero-order valence-electron chi connectivity index (χ0n) is 63.8. The topological polar surface area (TPSA) is 810 Å². The molecule has 0 fully saturated rings. The summed E-state index contributed by atoms with van der Waals surface area (Å²) in [5, 5.41) is 185. The van der Waals surface area contributed by atoms with Crippen LogP contribution in [0.4, 0.5) is 35.9 Å². The molecule has 0 aromatic heterocycles. The van der Waals surface area contributed by atoms with Crippen LogP contribution in [-0.2, 0) is 26.1 Å². The summed E-state index contributed by atoms with van der Waals surface area (Å²) in [4.78, 5) is 170. The number of phenols is 15. The normalized spacial score (nSPS) is 9.99. The highest BCUT2D eigenvalue weighted by atomic mass is 79.9. The number of aromatic hydroxyl groups is 15. The van der Waals surface area contributed by atoms with E-state index in [0.717, 1.165) is 97.7 Å². The van der Waals surface area contributed by atoms with Crippen LogP contribution in [-0.4, -0.2) is 206 Å². The Morgan fingerprint density at radius 3 is 1.12 bits per heavy atom. The van der Waals surface area contributed by atoms with E-state index in [1.807, 2.05) is 0 Å². The maximum atomic E-state index is 12.2. The fraction of sp³-hybridized carbons (Fsp3) is 0.0263. The van der Waals surface area contributed by atoms with Gasteiger partial charge in [0.25, 0.3) is 15.8 Å². The number of rotatable bonds is 19. The molecule has 0 heterocycles. The highest BCUT2D eigenvalue weighted by Crippen LogP contribution is 2.45. The molecule has 16 N–H and O–H groups in total. The molecule has 0 saturated heterocycles. The SMILES string of the molecule is CS(=O)(=O)c1cc(C=O)cc(O)c1O.N#Cc1cc(C=O)cc(O)c1O.O=Cc1cc(C=O)c(O)c([N+](=O)[O-])c1.O=Cc1cc(C=O)cc([N+](=O)[O-])c1.O=Cc1cc(Cl)c(O)c(O)c1Cl.O=Cc1cc(O)c(O)c(C(F)(F)F)c1.O=Cc1cc(O)c(O)c(S(=O)(=O)O)c1.O=Cc1cc([N+](=O)[O-])c(O)c(O)c1Br.O=Cc1ccc(C=O)cc1.O=Cc1ccc(O)c(O)c1[N+](=O)[O-]. The van der Waals surface area contributed by atoms with Crippen LogP contribution in [0.2, 0.25) is 10.0 Å². The van der Waals surface area contributed by atoms with Crippen molar-refractivity contribution in [3.8, 4) is 92.3 Å². The Labute approximate surface area is 738 Å². The van der Waals surface area contributed by atoms with Gasteiger partial charge in [0.15, 0.2) is 104 Å². The zero-order chi connectivity index (χ0) is 100. The molecule has 0 aliphatic rings. The van der Waals surface area contributed by atoms with E-state index in [1.54, 1.807) is 30.3 Å². The van der Waals surface area contributed by atoms with Crippen molar-refractivity contribution in [3.05, 3.63) is 266 Å². The highest BCUT2D eigenvalue weighted by molar-refractivity contribution is 9.10. The number of benzene rings is 10. The van der Waals surface area contributed by atoms with Crippen LogP contribution in [0.5, 0.6) is 86.2 Å². The quantitative estimate of drug-likeness (QED) is 0.0118. The third-order valence-electron chi connectivity index (χ3n) is 14.6. The highest BCUT2D eigenvalue weighted by Gasteiger charge is 2.36. The molecule has 0 saturated carbocycles. The number of nitriles is 1. The van der Waals surface area contributed by atoms with E-state index in [0.29, 0.717) is 61.2 Å². The van der Waals surface area contributed by atoms with E-state index in [-0.39, 0.29) is 112 Å². The minimum Gasteiger partial charge on any atom is -0.504 e. The molecule has 0 amide bonds. The van der Waals surface area contributed by atoms with Gasteiger partial charge in [-0.3, -0.25) is 107 Å². The average Bonchev–Trinajstić information content (AvgIpc) is 0.807. The second-order valence-corrected chi connectivity index (χ2v) is 28.3. The number of nitrogens with zero attached hydrogens (tertiary/aromatic N) is 5. The lowest BCUT2D eigenvalue weighted by atomic mass is 10.1. The van der Waals surface area contributed by atoms with E-state index in [1.165, 1.54) is 18.2 Å². The molecule has 0 aliphatic heterocycles. The first-order valence-corrected chi connectivity index (χ1v) is 37.6. The smallest absolute Gasteiger partial charge is 0.420 e. The zero-order valence-corrected chi connectivity index (χ0v) is 68.5. The average molecular weight is 1960 g/mol. The molecule has 0 unspecified atom stereocenters. The van der Waals surface area contributed by atoms with Gasteiger partial charge in [0.05, 0.1) is 50.9 Å². The third kappa shape index (κ3) is 32.1. The summed E-state index contributed by atoms with van der Waals surface area (Å²) in [6.07, 6.45) is 1.37. The summed E-state index contributed by atoms with van der Waals surface area (Å²) in [5.74, 6) is -11.3. The summed E-state index contributed by atoms with van der Waals surface area (Å²) in [5.41, 5.74) is -3.57. The van der Waals surface area contributed by atoms with E-state index >= 15 is 0 Å². The number of non-ortho nitro benzene ring substituents is 1. The van der Waals surface area contributed by atoms with Gasteiger partial charge < -0.3 is 76.6 Å². The molecule has 0 radical (unpaired) electrons. The Morgan fingerprint density at radius 2 is 0.738 bits per heavy atom. The number of carbonyl (C=O) groups excluding carboxylic acids is 13. The lowest BCUT2D eigenvalue weighted by molar-refractivity contribution is -0.386. The molecule has 0 bridgehead atoms. The summed E-state index contributed by atoms with van der Waals surface area (Å²) in [7, 11) is -8.31. The van der Waals surface area contributed by atoms with Gasteiger partial charge in [0, 0.05) is 91.7 Å². The maximum absolute atomic E-state index is 12.2. The predicted octanol–water partition coefficient (Wildman–Crippen LogP) is 11.3. The number of hydrogen-bond acceptors (Lipinski definition) is 41. The number of nitro groups is 4. The number of halogens is 6. The lowest BCUT2D eigenvalue weighted by Crippen LogP contribution is -2.06. The van der Waals surface area contributed by atoms with E-state index in [9.17, 15) is 148 Å². The lowest BCUT2D eigenvalue weighted by Gasteiger charge is -2.10. The van der Waals surface area contributed by atoms with Crippen molar-refractivity contribution >= 4 is 164 Å². The van der Waals surface area contributed by atoms with Crippen molar-refractivity contribution in [2.24, 2.45) is 0 Å². The van der Waals surface area contributed by atoms with Crippen molar-refractivity contribution in [1.82, 2.24) is 0 Å². The predicted molar refractivity (Wildman–Crippen MR) is 436 cm³/mol. The van der Waals surface area contributed by atoms with Crippen molar-refractivity contribution in [2.75, 3.05) is 6.26 Å². The summed E-state index contributed by atoms with van der Waals surface area (Å²) >= 11 is 13.7. The first-order chi connectivity index (χ1) is 60.5. The van der Waals surface area contributed by atoms with Gasteiger partial charge in [-0.2, -0.15) is 26.9 Å². The Kier molecular flexibility index (Phi) is 43.0. The standard InChI is InChI=1S/C8H5F3O3.C8H5NO5.C8H5NO4.C8H5NO3.C8H8O5S.C8H6O2.C7H4BrNO5.C7H4Cl2O3.C7H5NO5.C7H6O6S/c9-8(10,11)5-1-4(3-12)2-6(13)7(5)14;10-3-5-1-6(4-11)8(12)7(2-5)9(13)14;10-4-6-1-7(5-11)3-8(2-6)9(12)13;9-3-6-1-5(4-10)2-7(11)8(6)12;1-14(12,13)7-3-5(4-9)2-6(10)8(7)11;9-5-7-1-2-8(6-10)4-3-7;8-5-3(2-10)1-4(9(13)14)6(11)7(5)12;8-4-1-3(2-10)5(9)7(12)6(4)11;9-3-4-1-2-5(10)7(11)6(4)8(12)13;8-3-4-1-5(9)7(10)6(2-4)14(11,12)13/h1-3,13-14H;1-4,12H;1-5H;1-2,4,11-12H;2-4,10-11H,1H3;1-6H;1-2,11-12H;1-2,11-12H;1-3,10-11H;1-3,9-10H,(H,11,12,13). The van der Waals surface area contributed by atoms with Crippen LogP contribution in [0.3, 0.4) is 0 Å². The minimum absolute atomic E-state index is 0.0132. The van der Waals surface area contributed by atoms with Crippen LogP contribution in [0.25, 0.3) is 0 Å². The van der Waals surface area contributed by atoms with Crippen LogP contribution in [0.1, 0.15) is 146 Å². The fourth-order valence-corrected chi connectivity index (χ4v) is 10.8.